The first-order valence-electron chi connectivity index (χ1n) is 9.31. The second-order valence-corrected chi connectivity index (χ2v) is 7.20. The highest BCUT2D eigenvalue weighted by molar-refractivity contribution is 6.30. The van der Waals surface area contributed by atoms with E-state index >= 15 is 0 Å². The molecule has 0 fully saturated rings. The lowest BCUT2D eigenvalue weighted by atomic mass is 9.98. The third-order valence-electron chi connectivity index (χ3n) is 4.95. The highest BCUT2D eigenvalue weighted by Crippen LogP contribution is 2.31. The number of aryl methyl sites for hydroxylation is 2. The van der Waals surface area contributed by atoms with Crippen LogP contribution in [0.5, 0.6) is 0 Å². The van der Waals surface area contributed by atoms with E-state index in [4.69, 9.17) is 16.3 Å². The van der Waals surface area contributed by atoms with Gasteiger partial charge in [0.1, 0.15) is 0 Å². The van der Waals surface area contributed by atoms with Crippen molar-refractivity contribution >= 4 is 39.2 Å². The molecule has 0 aliphatic carbocycles. The molecule has 146 valence electrons. The van der Waals surface area contributed by atoms with Gasteiger partial charge >= 0.3 is 5.97 Å². The Morgan fingerprint density at radius 3 is 2.41 bits per heavy atom. The van der Waals surface area contributed by atoms with Crippen molar-refractivity contribution in [1.82, 2.24) is 9.55 Å². The lowest BCUT2D eigenvalue weighted by molar-refractivity contribution is 0.0527. The van der Waals surface area contributed by atoms with E-state index in [9.17, 15) is 9.59 Å². The van der Waals surface area contributed by atoms with Crippen molar-refractivity contribution in [3.05, 3.63) is 80.9 Å². The van der Waals surface area contributed by atoms with Crippen molar-refractivity contribution in [3.63, 3.8) is 0 Å². The number of esters is 1. The van der Waals surface area contributed by atoms with Crippen LogP contribution < -0.4 is 5.56 Å². The number of aromatic nitrogens is 2. The van der Waals surface area contributed by atoms with Crippen molar-refractivity contribution in [1.29, 1.82) is 0 Å². The summed E-state index contributed by atoms with van der Waals surface area (Å²) in [5.74, 6) is -0.476. The molecule has 0 saturated heterocycles. The number of halogens is 1. The van der Waals surface area contributed by atoms with Crippen molar-refractivity contribution in [3.8, 4) is 5.69 Å². The fourth-order valence-electron chi connectivity index (χ4n) is 3.78. The van der Waals surface area contributed by atoms with Crippen LogP contribution in [0.2, 0.25) is 5.02 Å². The first-order chi connectivity index (χ1) is 13.9. The molecule has 0 amide bonds. The largest absolute Gasteiger partial charge is 0.462 e. The molecule has 2 heterocycles. The SMILES string of the molecule is CCOC(=O)c1c(C)nc(C)c2c(=O)n(-c3ccc(Cl)cc3)c3ccccc3c12. The van der Waals surface area contributed by atoms with E-state index in [-0.39, 0.29) is 12.2 Å². The number of carbonyl (C=O) groups excluding carboxylic acids is 1. The number of pyridine rings is 2. The average molecular weight is 407 g/mol. The quantitative estimate of drug-likeness (QED) is 0.355. The fourth-order valence-corrected chi connectivity index (χ4v) is 3.91. The van der Waals surface area contributed by atoms with Crippen LogP contribution in [0.15, 0.2) is 53.3 Å². The van der Waals surface area contributed by atoms with Crippen LogP contribution in [-0.4, -0.2) is 22.1 Å². The Balaban J connectivity index is 2.25. The predicted molar refractivity (Wildman–Crippen MR) is 115 cm³/mol. The molecule has 0 aliphatic heterocycles. The Hall–Kier alpha value is -3.18. The van der Waals surface area contributed by atoms with Gasteiger partial charge < -0.3 is 4.74 Å². The highest BCUT2D eigenvalue weighted by atomic mass is 35.5. The molecule has 5 nitrogen and oxygen atoms in total. The smallest absolute Gasteiger partial charge is 0.340 e. The Bertz CT molecular complexity index is 1320. The molecule has 0 spiro atoms. The number of carbonyl (C=O) groups is 1. The Labute approximate surface area is 172 Å². The van der Waals surface area contributed by atoms with Crippen LogP contribution in [-0.2, 0) is 4.74 Å². The first kappa shape index (κ1) is 19.2. The third-order valence-corrected chi connectivity index (χ3v) is 5.21. The molecule has 0 radical (unpaired) electrons. The summed E-state index contributed by atoms with van der Waals surface area (Å²) in [4.78, 5) is 30.9. The molecule has 0 saturated carbocycles. The van der Waals surface area contributed by atoms with Crippen molar-refractivity contribution in [2.45, 2.75) is 20.8 Å². The second-order valence-electron chi connectivity index (χ2n) is 6.76. The van der Waals surface area contributed by atoms with Gasteiger partial charge in [0.25, 0.3) is 5.56 Å². The Morgan fingerprint density at radius 1 is 1.03 bits per heavy atom. The molecule has 0 atom stereocenters. The number of hydrogen-bond acceptors (Lipinski definition) is 4. The summed E-state index contributed by atoms with van der Waals surface area (Å²) >= 11 is 6.03. The number of fused-ring (bicyclic) bond motifs is 3. The first-order valence-corrected chi connectivity index (χ1v) is 9.69. The number of hydrogen-bond donors (Lipinski definition) is 0. The van der Waals surface area contributed by atoms with E-state index in [1.54, 1.807) is 49.6 Å². The number of nitrogens with zero attached hydrogens (tertiary/aromatic N) is 2. The maximum absolute atomic E-state index is 13.6. The van der Waals surface area contributed by atoms with Crippen LogP contribution in [0.25, 0.3) is 27.4 Å². The van der Waals surface area contributed by atoms with Gasteiger partial charge in [0.15, 0.2) is 0 Å². The van der Waals surface area contributed by atoms with Gasteiger partial charge in [0.05, 0.1) is 34.5 Å². The van der Waals surface area contributed by atoms with E-state index < -0.39 is 5.97 Å². The molecular formula is C23H19ClN2O3. The van der Waals surface area contributed by atoms with Crippen molar-refractivity contribution in [2.24, 2.45) is 0 Å². The topological polar surface area (TPSA) is 61.2 Å². The zero-order valence-corrected chi connectivity index (χ0v) is 17.1. The van der Waals surface area contributed by atoms with E-state index in [1.807, 2.05) is 24.3 Å². The number of ether oxygens (including phenoxy) is 1. The van der Waals surface area contributed by atoms with Crippen molar-refractivity contribution in [2.75, 3.05) is 6.61 Å². The van der Waals surface area contributed by atoms with Gasteiger partial charge in [0, 0.05) is 21.5 Å². The van der Waals surface area contributed by atoms with Gasteiger partial charge in [-0.2, -0.15) is 0 Å². The van der Waals surface area contributed by atoms with Gasteiger partial charge in [-0.25, -0.2) is 4.79 Å². The molecule has 0 N–H and O–H groups in total. The zero-order valence-electron chi connectivity index (χ0n) is 16.3. The number of benzene rings is 2. The minimum absolute atomic E-state index is 0.239. The van der Waals surface area contributed by atoms with Gasteiger partial charge in [-0.15, -0.1) is 0 Å². The van der Waals surface area contributed by atoms with Crippen LogP contribution in [0.1, 0.15) is 28.7 Å². The molecule has 0 unspecified atom stereocenters. The summed E-state index contributed by atoms with van der Waals surface area (Å²) in [7, 11) is 0. The van der Waals surface area contributed by atoms with E-state index in [0.717, 1.165) is 5.39 Å². The van der Waals surface area contributed by atoms with Crippen LogP contribution in [0, 0.1) is 13.8 Å². The van der Waals surface area contributed by atoms with E-state index in [0.29, 0.717) is 44.0 Å². The molecule has 6 heteroatoms. The molecule has 4 aromatic rings. The van der Waals surface area contributed by atoms with Gasteiger partial charge in [0.2, 0.25) is 0 Å². The lowest BCUT2D eigenvalue weighted by Gasteiger charge is -2.17. The third kappa shape index (κ3) is 3.08. The minimum Gasteiger partial charge on any atom is -0.462 e. The molecule has 4 rings (SSSR count). The number of para-hydroxylation sites is 1. The summed E-state index contributed by atoms with van der Waals surface area (Å²) in [6.45, 7) is 5.54. The van der Waals surface area contributed by atoms with Crippen LogP contribution in [0.4, 0.5) is 0 Å². The molecule has 29 heavy (non-hydrogen) atoms. The van der Waals surface area contributed by atoms with Crippen LogP contribution >= 0.6 is 11.6 Å². The van der Waals surface area contributed by atoms with Crippen molar-refractivity contribution < 1.29 is 9.53 Å². The summed E-state index contributed by atoms with van der Waals surface area (Å²) in [5, 5.41) is 2.37. The summed E-state index contributed by atoms with van der Waals surface area (Å²) in [5.41, 5.74) is 2.60. The second kappa shape index (κ2) is 7.33. The Morgan fingerprint density at radius 2 is 1.72 bits per heavy atom. The minimum atomic E-state index is -0.476. The predicted octanol–water partition coefficient (Wildman–Crippen LogP) is 4.99. The van der Waals surface area contributed by atoms with Gasteiger partial charge in [-0.1, -0.05) is 29.8 Å². The molecule has 0 bridgehead atoms. The summed E-state index contributed by atoms with van der Waals surface area (Å²) < 4.78 is 6.90. The maximum Gasteiger partial charge on any atom is 0.340 e. The Kier molecular flexibility index (Phi) is 4.84. The zero-order chi connectivity index (χ0) is 20.7. The normalized spacial score (nSPS) is 11.2. The monoisotopic (exact) mass is 406 g/mol. The molecule has 2 aromatic heterocycles. The maximum atomic E-state index is 13.6. The highest BCUT2D eigenvalue weighted by Gasteiger charge is 2.23. The summed E-state index contributed by atoms with van der Waals surface area (Å²) in [6, 6.07) is 14.6. The van der Waals surface area contributed by atoms with Crippen LogP contribution in [0.3, 0.4) is 0 Å². The lowest BCUT2D eigenvalue weighted by Crippen LogP contribution is -2.22. The van der Waals surface area contributed by atoms with Gasteiger partial charge in [-0.05, 0) is 51.1 Å². The van der Waals surface area contributed by atoms with E-state index in [1.165, 1.54) is 0 Å². The summed E-state index contributed by atoms with van der Waals surface area (Å²) in [6.07, 6.45) is 0. The molecular weight excluding hydrogens is 388 g/mol. The van der Waals surface area contributed by atoms with Gasteiger partial charge in [-0.3, -0.25) is 14.3 Å². The number of rotatable bonds is 3. The fraction of sp³-hybridized carbons (Fsp3) is 0.174. The van der Waals surface area contributed by atoms with E-state index in [2.05, 4.69) is 4.98 Å². The standard InChI is InChI=1S/C23H19ClN2O3/c1-4-29-23(28)20-14(3)25-13(2)19-21(20)17-7-5-6-8-18(17)26(22(19)27)16-11-9-15(24)10-12-16/h5-12H,4H2,1-3H3. The molecule has 2 aromatic carbocycles. The molecule has 0 aliphatic rings. The average Bonchev–Trinajstić information content (AvgIpc) is 2.69.